The molecule has 0 aliphatic rings. The van der Waals surface area contributed by atoms with Crippen molar-refractivity contribution in [1.82, 2.24) is 14.9 Å². The first kappa shape index (κ1) is 17.6. The Morgan fingerprint density at radius 3 is 2.36 bits per heavy atom. The van der Waals surface area contributed by atoms with Crippen molar-refractivity contribution >= 4 is 47.1 Å². The van der Waals surface area contributed by atoms with Crippen molar-refractivity contribution in [2.24, 2.45) is 5.10 Å². The van der Waals surface area contributed by atoms with Gasteiger partial charge >= 0.3 is 0 Å². The van der Waals surface area contributed by atoms with E-state index in [2.05, 4.69) is 20.7 Å². The number of anilines is 1. The molecular weight excluding hydrogens is 379 g/mol. The molecule has 128 valence electrons. The van der Waals surface area contributed by atoms with Crippen molar-refractivity contribution < 1.29 is 0 Å². The maximum atomic E-state index is 5.99. The van der Waals surface area contributed by atoms with Crippen LogP contribution in [0.3, 0.4) is 0 Å². The Bertz CT molecular complexity index is 861. The van der Waals surface area contributed by atoms with Crippen LogP contribution in [-0.4, -0.2) is 21.1 Å². The number of nitrogens with one attached hydrogen (secondary N) is 1. The highest BCUT2D eigenvalue weighted by atomic mass is 35.5. The highest BCUT2D eigenvalue weighted by Gasteiger charge is 2.09. The Morgan fingerprint density at radius 2 is 1.68 bits per heavy atom. The predicted molar refractivity (Wildman–Crippen MR) is 104 cm³/mol. The third-order valence-electron chi connectivity index (χ3n) is 3.19. The molecule has 2 aromatic carbocycles. The number of rotatable bonds is 6. The van der Waals surface area contributed by atoms with Crippen molar-refractivity contribution in [2.75, 3.05) is 11.3 Å². The Kier molecular flexibility index (Phi) is 5.80. The van der Waals surface area contributed by atoms with Crippen LogP contribution < -0.4 is 11.3 Å². The normalized spacial score (nSPS) is 11.1. The first-order valence-corrected chi connectivity index (χ1v) is 8.98. The number of hydrogen-bond acceptors (Lipinski definition) is 6. The third-order valence-corrected chi connectivity index (χ3v) is 4.71. The monoisotopic (exact) mass is 392 g/mol. The number of thioether (sulfide) groups is 1. The van der Waals surface area contributed by atoms with E-state index in [9.17, 15) is 0 Å². The summed E-state index contributed by atoms with van der Waals surface area (Å²) < 4.78 is 1.36. The van der Waals surface area contributed by atoms with Gasteiger partial charge < -0.3 is 5.84 Å². The van der Waals surface area contributed by atoms with Gasteiger partial charge in [-0.3, -0.25) is 0 Å². The topological polar surface area (TPSA) is 81.1 Å². The van der Waals surface area contributed by atoms with E-state index in [-0.39, 0.29) is 0 Å². The van der Waals surface area contributed by atoms with Crippen molar-refractivity contribution in [3.8, 4) is 0 Å². The molecule has 0 aliphatic heterocycles. The summed E-state index contributed by atoms with van der Waals surface area (Å²) in [5.41, 5.74) is 4.79. The van der Waals surface area contributed by atoms with Crippen molar-refractivity contribution in [3.05, 3.63) is 69.7 Å². The number of nitrogens with two attached hydrogens (primary N) is 1. The van der Waals surface area contributed by atoms with Gasteiger partial charge in [-0.15, -0.1) is 10.2 Å². The first-order chi connectivity index (χ1) is 12.1. The minimum Gasteiger partial charge on any atom is -0.334 e. The second-order valence-electron chi connectivity index (χ2n) is 5.01. The Morgan fingerprint density at radius 1 is 1.04 bits per heavy atom. The van der Waals surface area contributed by atoms with E-state index in [0.29, 0.717) is 26.9 Å². The molecular formula is C16H14Cl2N6S. The molecule has 0 amide bonds. The van der Waals surface area contributed by atoms with Crippen LogP contribution in [0, 0.1) is 0 Å². The van der Waals surface area contributed by atoms with Crippen LogP contribution in [0.2, 0.25) is 10.0 Å². The standard InChI is InChI=1S/C16H14Cl2N6S/c17-13-5-1-11(2-6-13)9-20-21-15-22-23-16(24(15)19)25-10-12-3-7-14(18)8-4-12/h1-9H,10,19H2,(H,21,22)/b20-9+. The summed E-state index contributed by atoms with van der Waals surface area (Å²) in [5, 5.41) is 14.1. The zero-order valence-corrected chi connectivity index (χ0v) is 15.3. The van der Waals surface area contributed by atoms with E-state index >= 15 is 0 Å². The summed E-state index contributed by atoms with van der Waals surface area (Å²) in [4.78, 5) is 0. The minimum absolute atomic E-state index is 0.351. The third kappa shape index (κ3) is 4.88. The van der Waals surface area contributed by atoms with E-state index in [1.165, 1.54) is 16.4 Å². The fraction of sp³-hybridized carbons (Fsp3) is 0.0625. The van der Waals surface area contributed by atoms with Gasteiger partial charge in [0.2, 0.25) is 5.16 Å². The Hall–Kier alpha value is -2.22. The molecule has 0 unspecified atom stereocenters. The number of aromatic nitrogens is 3. The number of nitrogens with zero attached hydrogens (tertiary/aromatic N) is 4. The quantitative estimate of drug-likeness (QED) is 0.286. The van der Waals surface area contributed by atoms with Gasteiger partial charge in [-0.05, 0) is 35.4 Å². The smallest absolute Gasteiger partial charge is 0.264 e. The molecule has 0 atom stereocenters. The number of halogens is 2. The summed E-state index contributed by atoms with van der Waals surface area (Å²) >= 11 is 13.2. The molecule has 0 radical (unpaired) electrons. The minimum atomic E-state index is 0.351. The van der Waals surface area contributed by atoms with Crippen LogP contribution in [0.4, 0.5) is 5.95 Å². The molecule has 25 heavy (non-hydrogen) atoms. The first-order valence-electron chi connectivity index (χ1n) is 7.24. The number of hydrazone groups is 1. The van der Waals surface area contributed by atoms with Gasteiger partial charge in [0.25, 0.3) is 5.95 Å². The molecule has 3 rings (SSSR count). The second kappa shape index (κ2) is 8.24. The van der Waals surface area contributed by atoms with Crippen LogP contribution >= 0.6 is 35.0 Å². The van der Waals surface area contributed by atoms with E-state index in [1.54, 1.807) is 18.3 Å². The Labute approximate surface area is 159 Å². The number of nitrogen functional groups attached to an aromatic ring is 1. The zero-order valence-electron chi connectivity index (χ0n) is 12.9. The molecule has 1 aromatic heterocycles. The van der Waals surface area contributed by atoms with E-state index in [0.717, 1.165) is 11.1 Å². The van der Waals surface area contributed by atoms with Gasteiger partial charge in [0.1, 0.15) is 0 Å². The maximum Gasteiger partial charge on any atom is 0.264 e. The van der Waals surface area contributed by atoms with Crippen LogP contribution in [-0.2, 0) is 5.75 Å². The fourth-order valence-electron chi connectivity index (χ4n) is 1.89. The molecule has 3 aromatic rings. The van der Waals surface area contributed by atoms with Gasteiger partial charge in [0, 0.05) is 15.8 Å². The van der Waals surface area contributed by atoms with Crippen molar-refractivity contribution in [3.63, 3.8) is 0 Å². The zero-order chi connectivity index (χ0) is 17.6. The molecule has 0 saturated heterocycles. The second-order valence-corrected chi connectivity index (χ2v) is 6.83. The lowest BCUT2D eigenvalue weighted by Gasteiger charge is -2.03. The SMILES string of the molecule is Nn1c(N/N=C/c2ccc(Cl)cc2)nnc1SCc1ccc(Cl)cc1. The van der Waals surface area contributed by atoms with Gasteiger partial charge in [-0.25, -0.2) is 10.1 Å². The molecule has 3 N–H and O–H groups in total. The molecule has 1 heterocycles. The lowest BCUT2D eigenvalue weighted by molar-refractivity contribution is 0.847. The Balaban J connectivity index is 1.58. The van der Waals surface area contributed by atoms with Crippen molar-refractivity contribution in [2.45, 2.75) is 10.9 Å². The molecule has 0 bridgehead atoms. The number of hydrogen-bond donors (Lipinski definition) is 2. The summed E-state index contributed by atoms with van der Waals surface area (Å²) in [5.74, 6) is 7.05. The highest BCUT2D eigenvalue weighted by molar-refractivity contribution is 7.98. The fourth-order valence-corrected chi connectivity index (χ4v) is 2.96. The molecule has 0 saturated carbocycles. The average molecular weight is 393 g/mol. The summed E-state index contributed by atoms with van der Waals surface area (Å²) in [6.45, 7) is 0. The van der Waals surface area contributed by atoms with Gasteiger partial charge in [-0.2, -0.15) is 5.10 Å². The van der Waals surface area contributed by atoms with Crippen LogP contribution in [0.5, 0.6) is 0 Å². The average Bonchev–Trinajstić information content (AvgIpc) is 2.96. The van der Waals surface area contributed by atoms with Crippen LogP contribution in [0.15, 0.2) is 58.8 Å². The summed E-state index contributed by atoms with van der Waals surface area (Å²) in [6.07, 6.45) is 1.64. The molecule has 9 heteroatoms. The van der Waals surface area contributed by atoms with Gasteiger partial charge in [0.15, 0.2) is 0 Å². The van der Waals surface area contributed by atoms with Crippen LogP contribution in [0.25, 0.3) is 0 Å². The predicted octanol–water partition coefficient (Wildman–Crippen LogP) is 4.04. The highest BCUT2D eigenvalue weighted by Crippen LogP contribution is 2.22. The largest absolute Gasteiger partial charge is 0.334 e. The number of benzene rings is 2. The van der Waals surface area contributed by atoms with E-state index < -0.39 is 0 Å². The van der Waals surface area contributed by atoms with E-state index in [1.807, 2.05) is 36.4 Å². The molecule has 0 fully saturated rings. The van der Waals surface area contributed by atoms with Crippen LogP contribution in [0.1, 0.15) is 11.1 Å². The van der Waals surface area contributed by atoms with E-state index in [4.69, 9.17) is 29.0 Å². The molecule has 0 aliphatic carbocycles. The molecule has 0 spiro atoms. The van der Waals surface area contributed by atoms with Crippen molar-refractivity contribution in [1.29, 1.82) is 0 Å². The van der Waals surface area contributed by atoms with Gasteiger partial charge in [0.05, 0.1) is 6.21 Å². The summed E-state index contributed by atoms with van der Waals surface area (Å²) in [6, 6.07) is 14.9. The maximum absolute atomic E-state index is 5.99. The molecule has 6 nitrogen and oxygen atoms in total. The summed E-state index contributed by atoms with van der Waals surface area (Å²) in [7, 11) is 0. The van der Waals surface area contributed by atoms with Gasteiger partial charge in [-0.1, -0.05) is 59.2 Å². The lowest BCUT2D eigenvalue weighted by Crippen LogP contribution is -2.13. The lowest BCUT2D eigenvalue weighted by atomic mass is 10.2.